The van der Waals surface area contributed by atoms with Gasteiger partial charge in [-0.1, -0.05) is 306 Å². The molecule has 4 aromatic heterocycles. The predicted octanol–water partition coefficient (Wildman–Crippen LogP) is 23.2. The smallest absolute Gasteiger partial charge is 1.00 e. The number of H-pyrrole nitrogens is 4. The van der Waals surface area contributed by atoms with E-state index >= 15 is 0 Å². The fourth-order valence-corrected chi connectivity index (χ4v) is 14.3. The number of halogens is 4. The molecule has 3 unspecified atom stereocenters. The Hall–Kier alpha value is -10.5. The second-order valence-corrected chi connectivity index (χ2v) is 33.5. The topological polar surface area (TPSA) is 138 Å². The van der Waals surface area contributed by atoms with Crippen LogP contribution in [0.15, 0.2) is 370 Å². The number of aliphatic hydroxyl groups is 2. The first-order chi connectivity index (χ1) is 53.8. The fraction of sp³-hybridized carbons (Fsp3) is 0.0612. The SMILES string of the molecule is C.CC(c1ccccc1)c1ccc2[nH]c3ccccc3c2c1.O=C(Cl)c1ccccc1.O=C(c1ccccc1)c1ccc2[nH]c3ccccc3c2c1.OC(c1ccccc1)c1ccc2[nH]c3ccccc3c2c1.OC(c1ccccc1)c1ccc2c(c1)-c1ccccc1C2.[B].[Cl][Al]([Cl])[Cl].[H-].[Na+].c1ccc2c(c1)[nH]c1ccccc12. The van der Waals surface area contributed by atoms with Crippen molar-refractivity contribution in [1.29, 1.82) is 0 Å². The number of aliphatic hydroxyl groups excluding tert-OH is 2. The largest absolute Gasteiger partial charge is 1.00 e. The van der Waals surface area contributed by atoms with Gasteiger partial charge in [0.15, 0.2) is 5.78 Å². The molecule has 4 heterocycles. The van der Waals surface area contributed by atoms with Gasteiger partial charge in [0, 0.05) is 118 Å². The molecule has 6 N–H and O–H groups in total. The summed E-state index contributed by atoms with van der Waals surface area (Å²) in [5, 5.41) is 30.5. The summed E-state index contributed by atoms with van der Waals surface area (Å²) in [5.41, 5.74) is 22.9. The number of hydrogen-bond acceptors (Lipinski definition) is 4. The van der Waals surface area contributed by atoms with Crippen molar-refractivity contribution in [2.45, 2.75) is 38.9 Å². The molecule has 0 amide bonds. The van der Waals surface area contributed by atoms with Gasteiger partial charge in [0.1, 0.15) is 12.2 Å². The van der Waals surface area contributed by atoms with Crippen molar-refractivity contribution < 1.29 is 50.8 Å². The second-order valence-electron chi connectivity index (χ2n) is 26.7. The summed E-state index contributed by atoms with van der Waals surface area (Å²) >= 11 is 3.44. The van der Waals surface area contributed by atoms with Gasteiger partial charge in [0.2, 0.25) is 0 Å². The molecular formula is C98H80AlBCl4N4NaO4. The molecule has 0 saturated carbocycles. The first-order valence-electron chi connectivity index (χ1n) is 36.3. The minimum atomic E-state index is -1.72. The number of rotatable bonds is 9. The average Bonchev–Trinajstić information content (AvgIpc) is 1.67. The van der Waals surface area contributed by atoms with Crippen molar-refractivity contribution in [1.82, 2.24) is 19.9 Å². The van der Waals surface area contributed by atoms with E-state index in [0.717, 1.165) is 78.0 Å². The molecule has 3 atom stereocenters. The summed E-state index contributed by atoms with van der Waals surface area (Å²) in [6, 6.07) is 124. The molecule has 113 heavy (non-hydrogen) atoms. The van der Waals surface area contributed by atoms with E-state index in [1.54, 1.807) is 24.3 Å². The Morgan fingerprint density at radius 1 is 0.319 bits per heavy atom. The Kier molecular flexibility index (Phi) is 29.4. The van der Waals surface area contributed by atoms with Crippen LogP contribution in [0.1, 0.15) is 105 Å². The van der Waals surface area contributed by atoms with E-state index < -0.39 is 28.8 Å². The van der Waals surface area contributed by atoms with Gasteiger partial charge in [-0.2, -0.15) is 0 Å². The maximum Gasteiger partial charge on any atom is 1.00 e. The van der Waals surface area contributed by atoms with Gasteiger partial charge < -0.3 is 31.6 Å². The number of para-hydroxylation sites is 5. The van der Waals surface area contributed by atoms with Gasteiger partial charge in [-0.05, 0) is 153 Å². The van der Waals surface area contributed by atoms with Gasteiger partial charge in [0.25, 0.3) is 5.24 Å². The molecule has 0 saturated heterocycles. The van der Waals surface area contributed by atoms with Crippen molar-refractivity contribution in [3.05, 3.63) is 431 Å². The van der Waals surface area contributed by atoms with Crippen LogP contribution in [0, 0.1) is 0 Å². The van der Waals surface area contributed by atoms with Crippen LogP contribution in [0.25, 0.3) is 98.4 Å². The van der Waals surface area contributed by atoms with E-state index in [0.29, 0.717) is 11.5 Å². The third-order valence-electron chi connectivity index (χ3n) is 19.8. The number of fused-ring (bicyclic) bond motifs is 15. The summed E-state index contributed by atoms with van der Waals surface area (Å²) in [4.78, 5) is 36.6. The van der Waals surface area contributed by atoms with Gasteiger partial charge in [-0.3, -0.25) is 9.59 Å². The van der Waals surface area contributed by atoms with E-state index in [2.05, 4.69) is 209 Å². The number of carbonyl (C=O) groups is 2. The minimum absolute atomic E-state index is 0. The van der Waals surface area contributed by atoms with Crippen LogP contribution >= 0.6 is 41.7 Å². The second kappa shape index (κ2) is 39.8. The Morgan fingerprint density at radius 2 is 0.619 bits per heavy atom. The summed E-state index contributed by atoms with van der Waals surface area (Å²) in [6.45, 7) is 2.27. The van der Waals surface area contributed by atoms with Crippen molar-refractivity contribution in [2.24, 2.45) is 0 Å². The first-order valence-corrected chi connectivity index (χ1v) is 41.9. The number of aromatic amines is 4. The molecule has 0 spiro atoms. The Balaban J connectivity index is 0.000000145. The predicted molar refractivity (Wildman–Crippen MR) is 476 cm³/mol. The van der Waals surface area contributed by atoms with E-state index in [-0.39, 0.29) is 52.6 Å². The van der Waals surface area contributed by atoms with Crippen LogP contribution in [0.2, 0.25) is 0 Å². The molecule has 0 fully saturated rings. The van der Waals surface area contributed by atoms with E-state index in [1.165, 1.54) is 82.4 Å². The quantitative estimate of drug-likeness (QED) is 0.0487. The van der Waals surface area contributed by atoms with E-state index in [4.69, 9.17) is 41.7 Å². The summed E-state index contributed by atoms with van der Waals surface area (Å²) in [6.07, 6.45) is -0.166. The summed E-state index contributed by atoms with van der Waals surface area (Å²) < 4.78 is 0. The van der Waals surface area contributed by atoms with Crippen LogP contribution < -0.4 is 29.6 Å². The van der Waals surface area contributed by atoms with E-state index in [9.17, 15) is 19.8 Å². The zero-order valence-electron chi connectivity index (χ0n) is 62.5. The molecule has 19 aromatic rings. The number of aromatic nitrogens is 4. The molecule has 15 aromatic carbocycles. The standard InChI is InChI=1S/C20H17N.C20H16O.C19H15NO.C19H13NO.C12H9N.C7H5ClO.CH4.Al.B.3ClH.Na.H/c1-14(15-7-3-2-4-8-15)16-11-12-20-18(13-16)17-9-5-6-10-19(17)21-20;21-20(14-6-2-1-3-7-14)17-11-10-16-12-15-8-4-5-9-18(15)19(16)13-17;2*21-19(13-6-2-1-3-7-13)14-10-11-18-16(12-14)15-8-4-5-9-17(15)20-18;1-3-7-11-9(5-1)10-6-2-4-8-12(10)13-11;8-7(9)6-4-2-1-3-5-6;;;;;;;;/h2-14,21H,1H3;1-11,13,20-21H,12H2;1-12,19-21H;1-12,20H;1-8,13H;1-5H;1H4;;;3*1H;;/q;;;;;;;+3;;;;;+1;-1/p-3. The third kappa shape index (κ3) is 20.1. The van der Waals surface area contributed by atoms with Crippen LogP contribution in [-0.2, 0) is 6.42 Å². The normalized spacial score (nSPS) is 11.6. The van der Waals surface area contributed by atoms with Crippen molar-refractivity contribution in [2.75, 3.05) is 0 Å². The van der Waals surface area contributed by atoms with Gasteiger partial charge in [0.05, 0.1) is 0 Å². The fourth-order valence-electron chi connectivity index (χ4n) is 14.2. The number of carbonyl (C=O) groups excluding carboxylic acids is 2. The maximum absolute atomic E-state index is 12.5. The molecule has 0 bridgehead atoms. The number of benzene rings is 15. The molecule has 1 aliphatic carbocycles. The maximum atomic E-state index is 12.5. The summed E-state index contributed by atoms with van der Waals surface area (Å²) in [5.74, 6) is 0.465. The van der Waals surface area contributed by atoms with Gasteiger partial charge >= 0.3 is 40.9 Å². The molecular weight excluding hydrogens is 1500 g/mol. The van der Waals surface area contributed by atoms with Crippen LogP contribution in [0.3, 0.4) is 0 Å². The zero-order valence-corrected chi connectivity index (χ0v) is 67.7. The molecule has 551 valence electrons. The molecule has 1 aliphatic rings. The Bertz CT molecular complexity index is 6150. The molecule has 8 nitrogen and oxygen atoms in total. The summed E-state index contributed by atoms with van der Waals surface area (Å²) in [7, 11) is 14.8. The molecule has 0 aliphatic heterocycles. The third-order valence-corrected chi connectivity index (χ3v) is 20.0. The number of ketones is 1. The first kappa shape index (κ1) is 83.5. The zero-order chi connectivity index (χ0) is 75.9. The number of hydrogen-bond donors (Lipinski definition) is 6. The molecule has 3 radical (unpaired) electrons. The van der Waals surface area contributed by atoms with Gasteiger partial charge in [-0.25, -0.2) is 30.1 Å². The number of nitrogens with one attached hydrogen (secondary N) is 4. The van der Waals surface area contributed by atoms with Crippen LogP contribution in [-0.4, -0.2) is 61.0 Å². The minimum Gasteiger partial charge on any atom is -1.00 e. The Labute approximate surface area is 705 Å². The van der Waals surface area contributed by atoms with Crippen molar-refractivity contribution >= 4 is 160 Å². The average molecular weight is 1580 g/mol. The van der Waals surface area contributed by atoms with Crippen LogP contribution in [0.5, 0.6) is 0 Å². The van der Waals surface area contributed by atoms with Crippen LogP contribution in [0.4, 0.5) is 0 Å². The van der Waals surface area contributed by atoms with Gasteiger partial charge in [-0.15, -0.1) is 0 Å². The molecule has 20 rings (SSSR count). The monoisotopic (exact) mass is 1580 g/mol. The Morgan fingerprint density at radius 3 is 1.04 bits per heavy atom. The molecule has 15 heteroatoms. The van der Waals surface area contributed by atoms with E-state index in [1.807, 2.05) is 164 Å². The van der Waals surface area contributed by atoms with Crippen molar-refractivity contribution in [3.8, 4) is 11.1 Å². The van der Waals surface area contributed by atoms with Crippen molar-refractivity contribution in [3.63, 3.8) is 0 Å².